The normalized spacial score (nSPS) is 13.7. The molecular weight excluding hydrogens is 436 g/mol. The number of amides is 1. The van der Waals surface area contributed by atoms with E-state index in [2.05, 4.69) is 0 Å². The van der Waals surface area contributed by atoms with E-state index in [0.29, 0.717) is 46.7 Å². The molecule has 9 heteroatoms. The van der Waals surface area contributed by atoms with E-state index in [1.807, 2.05) is 6.07 Å². The van der Waals surface area contributed by atoms with Crippen molar-refractivity contribution in [2.45, 2.75) is 19.4 Å². The lowest BCUT2D eigenvalue weighted by Crippen LogP contribution is -2.42. The highest BCUT2D eigenvalue weighted by atomic mass is 16.5. The lowest BCUT2D eigenvalue weighted by molar-refractivity contribution is -0.130. The van der Waals surface area contributed by atoms with Gasteiger partial charge in [-0.1, -0.05) is 0 Å². The molecule has 0 saturated carbocycles. The maximum atomic E-state index is 13.8. The van der Waals surface area contributed by atoms with Crippen LogP contribution in [0.1, 0.15) is 12.8 Å². The summed E-state index contributed by atoms with van der Waals surface area (Å²) >= 11 is 0. The summed E-state index contributed by atoms with van der Waals surface area (Å²) in [4.78, 5) is 42.4. The lowest BCUT2D eigenvalue weighted by atomic mass is 10.2. The summed E-state index contributed by atoms with van der Waals surface area (Å²) in [5.41, 5.74) is 0.930. The zero-order valence-electron chi connectivity index (χ0n) is 19.4. The molecular formula is C25H26N4O5. The number of hydrogen-bond donors (Lipinski definition) is 0. The molecule has 0 radical (unpaired) electrons. The SMILES string of the molecule is COc1ccc(-n2c(=O)c3c(c4cc(OC)ccc4n3C)n(CC(=O)N3CCCC3)c2=O)cc1. The Morgan fingerprint density at radius 3 is 2.21 bits per heavy atom. The van der Waals surface area contributed by atoms with Gasteiger partial charge in [0.15, 0.2) is 0 Å². The summed E-state index contributed by atoms with van der Waals surface area (Å²) in [7, 11) is 4.90. The van der Waals surface area contributed by atoms with Crippen LogP contribution in [-0.4, -0.2) is 51.8 Å². The quantitative estimate of drug-likeness (QED) is 0.454. The number of benzene rings is 2. The zero-order chi connectivity index (χ0) is 24.0. The minimum Gasteiger partial charge on any atom is -0.497 e. The van der Waals surface area contributed by atoms with Crippen LogP contribution in [0, 0.1) is 0 Å². The van der Waals surface area contributed by atoms with Gasteiger partial charge in [0.05, 0.1) is 30.9 Å². The van der Waals surface area contributed by atoms with Crippen LogP contribution in [0.25, 0.3) is 27.6 Å². The minimum absolute atomic E-state index is 0.138. The molecule has 0 unspecified atom stereocenters. The molecule has 1 aliphatic rings. The van der Waals surface area contributed by atoms with Crippen molar-refractivity contribution in [2.24, 2.45) is 7.05 Å². The molecule has 0 spiro atoms. The predicted molar refractivity (Wildman–Crippen MR) is 129 cm³/mol. The van der Waals surface area contributed by atoms with Gasteiger partial charge >= 0.3 is 5.69 Å². The van der Waals surface area contributed by atoms with E-state index in [-0.39, 0.29) is 12.5 Å². The van der Waals surface area contributed by atoms with Gasteiger partial charge < -0.3 is 18.9 Å². The Bertz CT molecular complexity index is 1520. The van der Waals surface area contributed by atoms with E-state index in [1.54, 1.807) is 67.1 Å². The van der Waals surface area contributed by atoms with Gasteiger partial charge in [-0.05, 0) is 55.3 Å². The average molecular weight is 463 g/mol. The van der Waals surface area contributed by atoms with E-state index in [9.17, 15) is 14.4 Å². The first-order chi connectivity index (χ1) is 16.4. The second kappa shape index (κ2) is 8.40. The molecule has 0 N–H and O–H groups in total. The molecule has 0 atom stereocenters. The monoisotopic (exact) mass is 462 g/mol. The molecule has 1 fully saturated rings. The Balaban J connectivity index is 1.84. The summed E-state index contributed by atoms with van der Waals surface area (Å²) in [6.07, 6.45) is 1.90. The molecule has 4 aromatic rings. The van der Waals surface area contributed by atoms with E-state index >= 15 is 0 Å². The van der Waals surface area contributed by atoms with Crippen molar-refractivity contribution in [1.29, 1.82) is 0 Å². The lowest BCUT2D eigenvalue weighted by Gasteiger charge is -2.18. The molecule has 0 bridgehead atoms. The number of hydrogen-bond acceptors (Lipinski definition) is 5. The third-order valence-corrected chi connectivity index (χ3v) is 6.56. The fraction of sp³-hybridized carbons (Fsp3) is 0.320. The van der Waals surface area contributed by atoms with Crippen molar-refractivity contribution >= 4 is 27.8 Å². The van der Waals surface area contributed by atoms with Gasteiger partial charge in [-0.15, -0.1) is 0 Å². The molecule has 5 rings (SSSR count). The van der Waals surface area contributed by atoms with Gasteiger partial charge in [0.2, 0.25) is 5.91 Å². The molecule has 2 aromatic carbocycles. The van der Waals surface area contributed by atoms with Crippen molar-refractivity contribution in [3.05, 3.63) is 63.3 Å². The van der Waals surface area contributed by atoms with Gasteiger partial charge in [-0.25, -0.2) is 9.36 Å². The number of nitrogens with zero attached hydrogens (tertiary/aromatic N) is 4. The van der Waals surface area contributed by atoms with Crippen LogP contribution in [0.2, 0.25) is 0 Å². The van der Waals surface area contributed by atoms with Gasteiger partial charge in [-0.2, -0.15) is 0 Å². The number of methoxy groups -OCH3 is 2. The maximum absolute atomic E-state index is 13.8. The van der Waals surface area contributed by atoms with Gasteiger partial charge in [-0.3, -0.25) is 14.2 Å². The largest absolute Gasteiger partial charge is 0.497 e. The summed E-state index contributed by atoms with van der Waals surface area (Å²) in [5, 5.41) is 0.683. The van der Waals surface area contributed by atoms with Crippen molar-refractivity contribution in [1.82, 2.24) is 18.6 Å². The van der Waals surface area contributed by atoms with Crippen LogP contribution >= 0.6 is 0 Å². The van der Waals surface area contributed by atoms with E-state index in [4.69, 9.17) is 9.47 Å². The van der Waals surface area contributed by atoms with Crippen LogP contribution in [0.15, 0.2) is 52.1 Å². The Hall–Kier alpha value is -4.01. The topological polar surface area (TPSA) is 87.7 Å². The van der Waals surface area contributed by atoms with Crippen LogP contribution in [0.5, 0.6) is 11.5 Å². The van der Waals surface area contributed by atoms with Crippen LogP contribution in [-0.2, 0) is 18.4 Å². The van der Waals surface area contributed by atoms with Crippen molar-refractivity contribution in [3.63, 3.8) is 0 Å². The molecule has 2 aromatic heterocycles. The second-order valence-electron chi connectivity index (χ2n) is 8.43. The van der Waals surface area contributed by atoms with Gasteiger partial charge in [0.25, 0.3) is 5.56 Å². The highest BCUT2D eigenvalue weighted by Crippen LogP contribution is 2.29. The molecule has 0 aliphatic carbocycles. The van der Waals surface area contributed by atoms with E-state index in [1.165, 1.54) is 4.57 Å². The summed E-state index contributed by atoms with van der Waals surface area (Å²) < 4.78 is 14.9. The molecule has 1 amide bonds. The molecule has 34 heavy (non-hydrogen) atoms. The third-order valence-electron chi connectivity index (χ3n) is 6.56. The van der Waals surface area contributed by atoms with Gasteiger partial charge in [0, 0.05) is 25.5 Å². The summed E-state index contributed by atoms with van der Waals surface area (Å²) in [6.45, 7) is 1.21. The van der Waals surface area contributed by atoms with Crippen molar-refractivity contribution in [2.75, 3.05) is 27.3 Å². The van der Waals surface area contributed by atoms with Gasteiger partial charge in [0.1, 0.15) is 23.6 Å². The Labute approximate surface area is 195 Å². The number of carbonyl (C=O) groups excluding carboxylic acids is 1. The van der Waals surface area contributed by atoms with E-state index in [0.717, 1.165) is 22.9 Å². The number of ether oxygens (including phenoxy) is 2. The van der Waals surface area contributed by atoms with E-state index < -0.39 is 11.2 Å². The first-order valence-corrected chi connectivity index (χ1v) is 11.2. The van der Waals surface area contributed by atoms with Crippen LogP contribution in [0.4, 0.5) is 0 Å². The minimum atomic E-state index is -0.564. The standard InChI is InChI=1S/C25H26N4O5/c1-26-20-11-10-18(34-3)14-19(20)22-23(26)24(31)29(16-6-8-17(33-2)9-7-16)25(32)28(22)15-21(30)27-12-4-5-13-27/h6-11,14H,4-5,12-13,15H2,1-3H3. The van der Waals surface area contributed by atoms with Crippen molar-refractivity contribution in [3.8, 4) is 17.2 Å². The molecule has 176 valence electrons. The van der Waals surface area contributed by atoms with Crippen molar-refractivity contribution < 1.29 is 14.3 Å². The maximum Gasteiger partial charge on any atom is 0.336 e. The predicted octanol–water partition coefficient (Wildman–Crippen LogP) is 2.28. The fourth-order valence-electron chi connectivity index (χ4n) is 4.77. The van der Waals surface area contributed by atoms with Crippen LogP contribution < -0.4 is 20.7 Å². The number of carbonyl (C=O) groups is 1. The first-order valence-electron chi connectivity index (χ1n) is 11.2. The number of aryl methyl sites for hydroxylation is 1. The second-order valence-corrected chi connectivity index (χ2v) is 8.43. The Kier molecular flexibility index (Phi) is 5.39. The zero-order valence-corrected chi connectivity index (χ0v) is 19.4. The molecule has 1 aliphatic heterocycles. The highest BCUT2D eigenvalue weighted by Gasteiger charge is 2.25. The van der Waals surface area contributed by atoms with Crippen LogP contribution in [0.3, 0.4) is 0 Å². The molecule has 1 saturated heterocycles. The number of fused-ring (bicyclic) bond motifs is 3. The smallest absolute Gasteiger partial charge is 0.336 e. The number of aromatic nitrogens is 3. The molecule has 3 heterocycles. The summed E-state index contributed by atoms with van der Waals surface area (Å²) in [5.74, 6) is 1.07. The summed E-state index contributed by atoms with van der Waals surface area (Å²) in [6, 6.07) is 12.2. The third kappa shape index (κ3) is 3.35. The molecule has 9 nitrogen and oxygen atoms in total. The average Bonchev–Trinajstić information content (AvgIpc) is 3.49. The Morgan fingerprint density at radius 1 is 0.912 bits per heavy atom. The fourth-order valence-corrected chi connectivity index (χ4v) is 4.77. The number of likely N-dealkylation sites (tertiary alicyclic amines) is 1. The Morgan fingerprint density at radius 2 is 1.56 bits per heavy atom. The first kappa shape index (κ1) is 21.8. The highest BCUT2D eigenvalue weighted by molar-refractivity contribution is 6.06. The number of rotatable bonds is 5.